The summed E-state index contributed by atoms with van der Waals surface area (Å²) >= 11 is 0. The maximum atomic E-state index is 12.9. The number of carbonyl (C=O) groups excluding carboxylic acids is 1. The van der Waals surface area contributed by atoms with E-state index in [0.717, 1.165) is 28.2 Å². The minimum absolute atomic E-state index is 0.0402. The molecule has 124 valence electrons. The lowest BCUT2D eigenvalue weighted by molar-refractivity contribution is 0.0730. The second-order valence-electron chi connectivity index (χ2n) is 7.36. The van der Waals surface area contributed by atoms with Gasteiger partial charge in [-0.2, -0.15) is 0 Å². The Balaban J connectivity index is 1.62. The van der Waals surface area contributed by atoms with E-state index < -0.39 is 0 Å². The van der Waals surface area contributed by atoms with E-state index in [2.05, 4.69) is 30.7 Å². The highest BCUT2D eigenvalue weighted by atomic mass is 16.4. The van der Waals surface area contributed by atoms with Crippen LogP contribution < -0.4 is 0 Å². The summed E-state index contributed by atoms with van der Waals surface area (Å²) < 4.78 is 5.90. The summed E-state index contributed by atoms with van der Waals surface area (Å²) in [5.41, 5.74) is 2.46. The van der Waals surface area contributed by atoms with E-state index in [0.29, 0.717) is 25.1 Å². The van der Waals surface area contributed by atoms with Gasteiger partial charge in [-0.15, -0.1) is 0 Å². The van der Waals surface area contributed by atoms with Crippen LogP contribution in [-0.2, 0) is 18.4 Å². The van der Waals surface area contributed by atoms with Crippen molar-refractivity contribution < 1.29 is 9.21 Å². The fourth-order valence-electron chi connectivity index (χ4n) is 3.11. The van der Waals surface area contributed by atoms with Gasteiger partial charge in [0.1, 0.15) is 11.5 Å². The molecule has 5 nitrogen and oxygen atoms in total. The van der Waals surface area contributed by atoms with Gasteiger partial charge in [-0.3, -0.25) is 4.79 Å². The Kier molecular flexibility index (Phi) is 3.27. The van der Waals surface area contributed by atoms with Gasteiger partial charge in [0.2, 0.25) is 0 Å². The zero-order valence-electron chi connectivity index (χ0n) is 14.2. The molecule has 1 aliphatic heterocycles. The molecular weight excluding hydrogens is 302 g/mol. The fourth-order valence-corrected chi connectivity index (χ4v) is 3.11. The molecule has 0 aliphatic carbocycles. The Morgan fingerprint density at radius 3 is 2.88 bits per heavy atom. The normalized spacial score (nSPS) is 14.9. The number of hydrogen-bond donors (Lipinski definition) is 1. The second-order valence-corrected chi connectivity index (χ2v) is 7.36. The van der Waals surface area contributed by atoms with Crippen LogP contribution in [0, 0.1) is 0 Å². The van der Waals surface area contributed by atoms with Gasteiger partial charge < -0.3 is 14.3 Å². The third-order valence-corrected chi connectivity index (χ3v) is 4.48. The van der Waals surface area contributed by atoms with Crippen molar-refractivity contribution in [2.75, 3.05) is 6.54 Å². The van der Waals surface area contributed by atoms with Crippen molar-refractivity contribution in [2.45, 2.75) is 39.2 Å². The summed E-state index contributed by atoms with van der Waals surface area (Å²) in [6, 6.07) is 7.87. The van der Waals surface area contributed by atoms with Crippen LogP contribution in [0.4, 0.5) is 0 Å². The van der Waals surface area contributed by atoms with Crippen molar-refractivity contribution in [1.82, 2.24) is 14.9 Å². The molecule has 1 amide bonds. The van der Waals surface area contributed by atoms with Crippen LogP contribution in [0.5, 0.6) is 0 Å². The summed E-state index contributed by atoms with van der Waals surface area (Å²) in [4.78, 5) is 22.6. The molecule has 0 spiro atoms. The number of hydrogen-bond acceptors (Lipinski definition) is 3. The molecule has 0 radical (unpaired) electrons. The van der Waals surface area contributed by atoms with Crippen molar-refractivity contribution in [1.29, 1.82) is 0 Å². The maximum Gasteiger partial charge on any atom is 0.256 e. The molecule has 3 aromatic rings. The van der Waals surface area contributed by atoms with Crippen molar-refractivity contribution in [3.8, 4) is 0 Å². The number of fused-ring (bicyclic) bond motifs is 2. The number of benzene rings is 1. The topological polar surface area (TPSA) is 62.1 Å². The molecule has 0 unspecified atom stereocenters. The molecular formula is C19H21N3O2. The Hall–Kier alpha value is -2.56. The monoisotopic (exact) mass is 323 g/mol. The number of para-hydroxylation sites is 1. The highest BCUT2D eigenvalue weighted by Gasteiger charge is 2.30. The van der Waals surface area contributed by atoms with E-state index in [1.807, 2.05) is 29.2 Å². The van der Waals surface area contributed by atoms with Crippen LogP contribution in [0.1, 0.15) is 48.5 Å². The van der Waals surface area contributed by atoms with Crippen LogP contribution in [-0.4, -0.2) is 27.3 Å². The highest BCUT2D eigenvalue weighted by Crippen LogP contribution is 2.28. The molecule has 0 bridgehead atoms. The zero-order chi connectivity index (χ0) is 16.9. The Bertz CT molecular complexity index is 914. The first-order valence-corrected chi connectivity index (χ1v) is 8.28. The Morgan fingerprint density at radius 1 is 1.29 bits per heavy atom. The minimum atomic E-state index is -0.122. The van der Waals surface area contributed by atoms with Gasteiger partial charge in [-0.1, -0.05) is 39.0 Å². The molecule has 1 aliphatic rings. The molecule has 1 aromatic carbocycles. The molecule has 0 saturated heterocycles. The summed E-state index contributed by atoms with van der Waals surface area (Å²) in [7, 11) is 0. The van der Waals surface area contributed by atoms with Crippen molar-refractivity contribution in [3.63, 3.8) is 0 Å². The molecule has 0 fully saturated rings. The number of H-pyrrole nitrogens is 1. The lowest BCUT2D eigenvalue weighted by Gasteiger charge is -2.25. The third-order valence-electron chi connectivity index (χ3n) is 4.48. The summed E-state index contributed by atoms with van der Waals surface area (Å²) in [6.45, 7) is 7.41. The van der Waals surface area contributed by atoms with Gasteiger partial charge in [-0.25, -0.2) is 4.98 Å². The summed E-state index contributed by atoms with van der Waals surface area (Å²) in [5.74, 6) is 1.70. The van der Waals surface area contributed by atoms with E-state index in [-0.39, 0.29) is 11.3 Å². The summed E-state index contributed by atoms with van der Waals surface area (Å²) in [6.07, 6.45) is 2.51. The zero-order valence-corrected chi connectivity index (χ0v) is 14.2. The van der Waals surface area contributed by atoms with Crippen LogP contribution in [0.3, 0.4) is 0 Å². The van der Waals surface area contributed by atoms with Crippen LogP contribution in [0.15, 0.2) is 34.9 Å². The highest BCUT2D eigenvalue weighted by molar-refractivity contribution is 6.06. The average Bonchev–Trinajstić information content (AvgIpc) is 3.17. The van der Waals surface area contributed by atoms with Crippen molar-refractivity contribution in [3.05, 3.63) is 53.4 Å². The average molecular weight is 323 g/mol. The molecule has 4 rings (SSSR count). The lowest BCUT2D eigenvalue weighted by Crippen LogP contribution is -2.35. The number of oxazole rings is 1. The molecule has 3 heterocycles. The number of aromatic amines is 1. The number of nitrogens with zero attached hydrogens (tertiary/aromatic N) is 2. The van der Waals surface area contributed by atoms with Crippen molar-refractivity contribution in [2.24, 2.45) is 0 Å². The molecule has 24 heavy (non-hydrogen) atoms. The maximum absolute atomic E-state index is 12.9. The van der Waals surface area contributed by atoms with E-state index in [4.69, 9.17) is 4.42 Å². The van der Waals surface area contributed by atoms with Crippen LogP contribution >= 0.6 is 0 Å². The predicted octanol–water partition coefficient (Wildman–Crippen LogP) is 3.65. The smallest absolute Gasteiger partial charge is 0.256 e. The molecule has 5 heteroatoms. The lowest BCUT2D eigenvalue weighted by atomic mass is 9.97. The first kappa shape index (κ1) is 15.0. The second kappa shape index (κ2) is 5.23. The molecule has 1 N–H and O–H groups in total. The first-order chi connectivity index (χ1) is 11.4. The van der Waals surface area contributed by atoms with Gasteiger partial charge in [-0.05, 0) is 6.07 Å². The number of rotatable bonds is 1. The first-order valence-electron chi connectivity index (χ1n) is 8.28. The number of nitrogens with one attached hydrogen (secondary N) is 1. The van der Waals surface area contributed by atoms with E-state index in [9.17, 15) is 4.79 Å². The van der Waals surface area contributed by atoms with Gasteiger partial charge >= 0.3 is 0 Å². The van der Waals surface area contributed by atoms with E-state index in [1.165, 1.54) is 0 Å². The number of amides is 1. The molecule has 0 atom stereocenters. The predicted molar refractivity (Wildman–Crippen MR) is 91.9 cm³/mol. The Morgan fingerprint density at radius 2 is 2.08 bits per heavy atom. The van der Waals surface area contributed by atoms with Gasteiger partial charge in [0.25, 0.3) is 5.91 Å². The van der Waals surface area contributed by atoms with Crippen LogP contribution in [0.2, 0.25) is 0 Å². The summed E-state index contributed by atoms with van der Waals surface area (Å²) in [5, 5.41) is 0.962. The van der Waals surface area contributed by atoms with Gasteiger partial charge in [0.05, 0.1) is 12.1 Å². The fraction of sp³-hybridized carbons (Fsp3) is 0.368. The number of aromatic nitrogens is 2. The minimum Gasteiger partial charge on any atom is -0.445 e. The number of carbonyl (C=O) groups is 1. The Labute approximate surface area is 140 Å². The standard InChI is InChI=1S/C19H21N3O2/c1-19(2,3)18-21-15-11-22(9-8-16(15)24-18)17(23)13-10-20-14-7-5-4-6-12(13)14/h4-7,10,20H,8-9,11H2,1-3H3. The largest absolute Gasteiger partial charge is 0.445 e. The SMILES string of the molecule is CC(C)(C)c1nc2c(o1)CCN(C(=O)c1c[nH]c3ccccc13)C2. The van der Waals surface area contributed by atoms with Gasteiger partial charge in [0.15, 0.2) is 5.89 Å². The van der Waals surface area contributed by atoms with E-state index in [1.54, 1.807) is 6.20 Å². The van der Waals surface area contributed by atoms with Crippen LogP contribution in [0.25, 0.3) is 10.9 Å². The molecule has 2 aromatic heterocycles. The third kappa shape index (κ3) is 2.40. The molecule has 0 saturated carbocycles. The quantitative estimate of drug-likeness (QED) is 0.743. The van der Waals surface area contributed by atoms with E-state index >= 15 is 0 Å². The van der Waals surface area contributed by atoms with Crippen molar-refractivity contribution >= 4 is 16.8 Å². The van der Waals surface area contributed by atoms with Gasteiger partial charge in [0, 0.05) is 35.5 Å².